The van der Waals surface area contributed by atoms with Gasteiger partial charge in [0.1, 0.15) is 0 Å². The van der Waals surface area contributed by atoms with Gasteiger partial charge < -0.3 is 24.8 Å². The summed E-state index contributed by atoms with van der Waals surface area (Å²) in [6.07, 6.45) is 3.73. The van der Waals surface area contributed by atoms with Gasteiger partial charge in [-0.2, -0.15) is 0 Å². The van der Waals surface area contributed by atoms with Crippen LogP contribution in [0.2, 0.25) is 0 Å². The highest BCUT2D eigenvalue weighted by Gasteiger charge is 2.22. The number of rotatable bonds is 9. The number of likely N-dealkylation sites (tertiary alicyclic amines) is 1. The number of aliphatic imine (C=N–C) groups is 1. The van der Waals surface area contributed by atoms with E-state index in [0.717, 1.165) is 31.2 Å². The molecule has 0 aliphatic carbocycles. The minimum Gasteiger partial charge on any atom is -0.493 e. The first-order valence-electron chi connectivity index (χ1n) is 11.2. The van der Waals surface area contributed by atoms with Gasteiger partial charge in [-0.25, -0.2) is 0 Å². The van der Waals surface area contributed by atoms with Crippen molar-refractivity contribution in [1.29, 1.82) is 0 Å². The molecule has 2 N–H and O–H groups in total. The molecule has 32 heavy (non-hydrogen) atoms. The summed E-state index contributed by atoms with van der Waals surface area (Å²) in [5.41, 5.74) is 2.38. The van der Waals surface area contributed by atoms with Crippen LogP contribution in [0.1, 0.15) is 30.4 Å². The van der Waals surface area contributed by atoms with E-state index in [1.165, 1.54) is 24.8 Å². The van der Waals surface area contributed by atoms with Crippen molar-refractivity contribution in [1.82, 2.24) is 15.5 Å². The van der Waals surface area contributed by atoms with Crippen molar-refractivity contribution in [3.05, 3.63) is 53.6 Å². The van der Waals surface area contributed by atoms with Gasteiger partial charge in [0, 0.05) is 32.7 Å². The number of hydrogen-bond acceptors (Lipinski definition) is 5. The predicted octanol–water partition coefficient (Wildman–Crippen LogP) is 3.43. The summed E-state index contributed by atoms with van der Waals surface area (Å²) in [7, 11) is 6.66. The second-order valence-electron chi connectivity index (χ2n) is 7.95. The molecule has 1 fully saturated rings. The van der Waals surface area contributed by atoms with Gasteiger partial charge in [0.2, 0.25) is 5.75 Å². The Hall–Kier alpha value is -2.93. The summed E-state index contributed by atoms with van der Waals surface area (Å²) in [5, 5.41) is 6.91. The minimum atomic E-state index is 0.490. The standard InChI is InChI=1S/C25H36N4O3/c1-26-25(27-16-20-14-22(30-2)24(32-4)23(15-20)31-3)28-17-21-12-8-9-13-29(21)18-19-10-6-5-7-11-19/h5-7,10-11,14-15,21H,8-9,12-13,16-18H2,1-4H3,(H2,26,27,28). The molecule has 0 saturated carbocycles. The summed E-state index contributed by atoms with van der Waals surface area (Å²) in [6.45, 7) is 3.58. The third-order valence-corrected chi connectivity index (χ3v) is 5.89. The van der Waals surface area contributed by atoms with Crippen LogP contribution in [0.15, 0.2) is 47.5 Å². The lowest BCUT2D eigenvalue weighted by Gasteiger charge is -2.36. The number of benzene rings is 2. The number of piperidine rings is 1. The van der Waals surface area contributed by atoms with E-state index in [1.54, 1.807) is 28.4 Å². The molecule has 2 aromatic rings. The lowest BCUT2D eigenvalue weighted by Crippen LogP contribution is -2.48. The fourth-order valence-electron chi connectivity index (χ4n) is 4.18. The lowest BCUT2D eigenvalue weighted by atomic mass is 10.0. The molecule has 7 nitrogen and oxygen atoms in total. The Labute approximate surface area is 191 Å². The molecule has 1 heterocycles. The van der Waals surface area contributed by atoms with E-state index in [2.05, 4.69) is 50.9 Å². The number of nitrogens with zero attached hydrogens (tertiary/aromatic N) is 2. The molecule has 0 bridgehead atoms. The van der Waals surface area contributed by atoms with Crippen molar-refractivity contribution in [3.8, 4) is 17.2 Å². The van der Waals surface area contributed by atoms with E-state index in [4.69, 9.17) is 14.2 Å². The molecule has 0 aromatic heterocycles. The van der Waals surface area contributed by atoms with E-state index in [1.807, 2.05) is 12.1 Å². The van der Waals surface area contributed by atoms with Gasteiger partial charge in [-0.15, -0.1) is 0 Å². The van der Waals surface area contributed by atoms with Gasteiger partial charge in [-0.3, -0.25) is 9.89 Å². The molecule has 3 rings (SSSR count). The Morgan fingerprint density at radius 1 is 0.969 bits per heavy atom. The Morgan fingerprint density at radius 2 is 1.69 bits per heavy atom. The first-order chi connectivity index (χ1) is 15.7. The lowest BCUT2D eigenvalue weighted by molar-refractivity contribution is 0.141. The van der Waals surface area contributed by atoms with Crippen molar-refractivity contribution < 1.29 is 14.2 Å². The highest BCUT2D eigenvalue weighted by Crippen LogP contribution is 2.38. The Morgan fingerprint density at radius 3 is 2.31 bits per heavy atom. The molecular formula is C25H36N4O3. The van der Waals surface area contributed by atoms with E-state index >= 15 is 0 Å². The van der Waals surface area contributed by atoms with Crippen LogP contribution >= 0.6 is 0 Å². The minimum absolute atomic E-state index is 0.490. The second-order valence-corrected chi connectivity index (χ2v) is 7.95. The maximum Gasteiger partial charge on any atom is 0.203 e. The van der Waals surface area contributed by atoms with Crippen molar-refractivity contribution >= 4 is 5.96 Å². The van der Waals surface area contributed by atoms with Crippen molar-refractivity contribution in [2.45, 2.75) is 38.4 Å². The fraction of sp³-hybridized carbons (Fsp3) is 0.480. The zero-order valence-corrected chi connectivity index (χ0v) is 19.7. The number of ether oxygens (including phenoxy) is 3. The zero-order valence-electron chi connectivity index (χ0n) is 19.7. The molecule has 0 amide bonds. The summed E-state index contributed by atoms with van der Waals surface area (Å²) in [4.78, 5) is 6.99. The monoisotopic (exact) mass is 440 g/mol. The molecule has 1 aliphatic heterocycles. The van der Waals surface area contributed by atoms with Crippen LogP contribution in [-0.4, -0.2) is 58.4 Å². The van der Waals surface area contributed by atoms with Crippen LogP contribution in [0.3, 0.4) is 0 Å². The topological polar surface area (TPSA) is 67.4 Å². The first kappa shape index (κ1) is 23.7. The van der Waals surface area contributed by atoms with E-state index in [9.17, 15) is 0 Å². The van der Waals surface area contributed by atoms with E-state index in [-0.39, 0.29) is 0 Å². The van der Waals surface area contributed by atoms with E-state index < -0.39 is 0 Å². The molecule has 7 heteroatoms. The number of guanidine groups is 1. The van der Waals surface area contributed by atoms with Crippen molar-refractivity contribution in [3.63, 3.8) is 0 Å². The number of methoxy groups -OCH3 is 3. The smallest absolute Gasteiger partial charge is 0.203 e. The van der Waals surface area contributed by atoms with Crippen LogP contribution in [0, 0.1) is 0 Å². The van der Waals surface area contributed by atoms with Gasteiger partial charge >= 0.3 is 0 Å². The molecule has 1 saturated heterocycles. The predicted molar refractivity (Wildman–Crippen MR) is 129 cm³/mol. The highest BCUT2D eigenvalue weighted by atomic mass is 16.5. The molecule has 0 spiro atoms. The van der Waals surface area contributed by atoms with Crippen LogP contribution in [0.5, 0.6) is 17.2 Å². The Bertz CT molecular complexity index is 848. The number of nitrogens with one attached hydrogen (secondary N) is 2. The molecule has 2 aromatic carbocycles. The quantitative estimate of drug-likeness (QED) is 0.460. The first-order valence-corrected chi connectivity index (χ1v) is 11.2. The fourth-order valence-corrected chi connectivity index (χ4v) is 4.18. The van der Waals surface area contributed by atoms with E-state index in [0.29, 0.717) is 29.8 Å². The molecule has 1 aliphatic rings. The largest absolute Gasteiger partial charge is 0.493 e. The van der Waals surface area contributed by atoms with Crippen LogP contribution in [0.25, 0.3) is 0 Å². The molecule has 1 unspecified atom stereocenters. The maximum atomic E-state index is 5.46. The normalized spacial score (nSPS) is 17.0. The second kappa shape index (κ2) is 12.2. The van der Waals surface area contributed by atoms with Gasteiger partial charge in [0.05, 0.1) is 21.3 Å². The van der Waals surface area contributed by atoms with Gasteiger partial charge in [0.15, 0.2) is 17.5 Å². The van der Waals surface area contributed by atoms with Gasteiger partial charge in [-0.05, 0) is 42.6 Å². The SMILES string of the molecule is CN=C(NCc1cc(OC)c(OC)c(OC)c1)NCC1CCCCN1Cc1ccccc1. The van der Waals surface area contributed by atoms with Crippen molar-refractivity contribution in [2.24, 2.45) is 4.99 Å². The zero-order chi connectivity index (χ0) is 22.8. The summed E-state index contributed by atoms with van der Waals surface area (Å²) in [5.74, 6) is 2.66. The van der Waals surface area contributed by atoms with Gasteiger partial charge in [0.25, 0.3) is 0 Å². The molecule has 1 atom stereocenters. The van der Waals surface area contributed by atoms with Crippen LogP contribution in [-0.2, 0) is 13.1 Å². The Balaban J connectivity index is 1.57. The van der Waals surface area contributed by atoms with Gasteiger partial charge in [-0.1, -0.05) is 36.8 Å². The average molecular weight is 441 g/mol. The molecule has 0 radical (unpaired) electrons. The molecule has 174 valence electrons. The van der Waals surface area contributed by atoms with Crippen LogP contribution in [0.4, 0.5) is 0 Å². The summed E-state index contributed by atoms with van der Waals surface area (Å²) in [6, 6.07) is 15.1. The molecular weight excluding hydrogens is 404 g/mol. The maximum absolute atomic E-state index is 5.46. The number of hydrogen-bond donors (Lipinski definition) is 2. The third kappa shape index (κ3) is 6.29. The highest BCUT2D eigenvalue weighted by molar-refractivity contribution is 5.79. The summed E-state index contributed by atoms with van der Waals surface area (Å²) < 4.78 is 16.3. The van der Waals surface area contributed by atoms with Crippen molar-refractivity contribution in [2.75, 3.05) is 41.5 Å². The third-order valence-electron chi connectivity index (χ3n) is 5.89. The summed E-state index contributed by atoms with van der Waals surface area (Å²) >= 11 is 0. The Kier molecular flexibility index (Phi) is 9.04. The average Bonchev–Trinajstić information content (AvgIpc) is 2.84. The van der Waals surface area contributed by atoms with Crippen LogP contribution < -0.4 is 24.8 Å².